The van der Waals surface area contributed by atoms with Crippen LogP contribution in [0.3, 0.4) is 0 Å². The number of aryl methyl sites for hydroxylation is 2. The van der Waals surface area contributed by atoms with Gasteiger partial charge in [-0.25, -0.2) is 40.7 Å². The molecule has 6 heterocycles. The number of halogens is 2. The van der Waals surface area contributed by atoms with Crippen LogP contribution >= 0.6 is 0 Å². The van der Waals surface area contributed by atoms with E-state index >= 15 is 0 Å². The highest BCUT2D eigenvalue weighted by Gasteiger charge is 2.64. The first-order valence-electron chi connectivity index (χ1n) is 36.4. The largest absolute Gasteiger partial charge is 0.481 e. The summed E-state index contributed by atoms with van der Waals surface area (Å²) in [6.07, 6.45) is 22.4. The van der Waals surface area contributed by atoms with Crippen LogP contribution in [-0.2, 0) is 61.7 Å². The highest BCUT2D eigenvalue weighted by atomic mass is 32.2. The second-order valence-corrected chi connectivity index (χ2v) is 35.0. The van der Waals surface area contributed by atoms with E-state index in [0.717, 1.165) is 108 Å². The van der Waals surface area contributed by atoms with Crippen LogP contribution in [0.2, 0.25) is 0 Å². The Balaban J connectivity index is 0.000000176. The molecule has 6 aromatic rings. The molecule has 8 aliphatic rings. The number of primary sulfonamides is 1. The van der Waals surface area contributed by atoms with Crippen molar-refractivity contribution in [2.24, 2.45) is 39.6 Å². The van der Waals surface area contributed by atoms with Crippen LogP contribution < -0.4 is 19.3 Å². The van der Waals surface area contributed by atoms with E-state index in [1.807, 2.05) is 111 Å². The summed E-state index contributed by atoms with van der Waals surface area (Å²) in [7, 11) is -7.14. The Hall–Kier alpha value is -8.28. The monoisotopic (exact) mass is 1450 g/mol. The summed E-state index contributed by atoms with van der Waals surface area (Å²) in [5, 5.41) is 18.6. The van der Waals surface area contributed by atoms with Gasteiger partial charge in [0.2, 0.25) is 49.5 Å². The molecule has 0 spiro atoms. The number of benzene rings is 4. The summed E-state index contributed by atoms with van der Waals surface area (Å²) in [6, 6.07) is 27.2. The third-order valence-electron chi connectivity index (χ3n) is 22.7. The summed E-state index contributed by atoms with van der Waals surface area (Å²) in [5.41, 5.74) is 0.698. The number of hydrogen-bond donors (Lipinski definition) is 3. The maximum absolute atomic E-state index is 14.6. The number of ether oxygens (including phenoxy) is 2. The lowest BCUT2D eigenvalue weighted by atomic mass is 9.89. The molecule has 3 amide bonds. The van der Waals surface area contributed by atoms with Crippen LogP contribution in [0.4, 0.5) is 8.78 Å². The average molecular weight is 1450 g/mol. The zero-order chi connectivity index (χ0) is 73.2. The smallest absolute Gasteiger partial charge is 0.310 e. The minimum absolute atomic E-state index is 0.126. The number of fused-ring (bicyclic) bond motifs is 6. The number of nitrogens with zero attached hydrogens (tertiary/aromatic N) is 4. The fourth-order valence-corrected chi connectivity index (χ4v) is 17.6. The van der Waals surface area contributed by atoms with Crippen LogP contribution in [0.1, 0.15) is 165 Å². The summed E-state index contributed by atoms with van der Waals surface area (Å²) < 4.78 is 89.7. The highest BCUT2D eigenvalue weighted by molar-refractivity contribution is 7.91. The van der Waals surface area contributed by atoms with Crippen LogP contribution in [0.25, 0.3) is 21.5 Å². The van der Waals surface area contributed by atoms with Gasteiger partial charge in [-0.15, -0.1) is 0 Å². The fraction of sp³-hybridized carbons (Fsp3) is 0.500. The molecule has 4 saturated carbocycles. The SMILES string of the molecule is CC1(S(N)(=O)=O)CC1.Cc1cc(F)cc(C[C@H]2CCCCC/C=C\[C@@H]3C[C@@]3(C(=O)NS(=O)(=O)C3(C)CC3)CC(=O)[C@@H]3C[C@@H](Oc4nccc5ccccc45)CN3C2=O)c1.Cc1cc(F)cc(C[C@H]2CCCCC/C=C\[C@@H]3C[C@@]3(C(=O)O)CC(=O)[C@@H]3C[C@@H](Oc4nccc5ccccc45)CN3C2=O)c1. The second kappa shape index (κ2) is 30.4. The van der Waals surface area contributed by atoms with Gasteiger partial charge in [0.15, 0.2) is 11.6 Å². The third kappa shape index (κ3) is 17.1. The van der Waals surface area contributed by atoms with Gasteiger partial charge >= 0.3 is 5.97 Å². The van der Waals surface area contributed by atoms with Gasteiger partial charge < -0.3 is 24.4 Å². The molecule has 4 aliphatic carbocycles. The summed E-state index contributed by atoms with van der Waals surface area (Å²) in [6.45, 7) is 7.30. The van der Waals surface area contributed by atoms with Crippen molar-refractivity contribution >= 4 is 76.8 Å². The van der Waals surface area contributed by atoms with Gasteiger partial charge in [0.05, 0.1) is 45.5 Å². The van der Waals surface area contributed by atoms with Crippen molar-refractivity contribution in [2.75, 3.05) is 13.1 Å². The number of allylic oxidation sites excluding steroid dienone is 4. The minimum atomic E-state index is -3.91. The Kier molecular flexibility index (Phi) is 22.0. The number of Topliss-reactive ketones (excluding diaryl/α,β-unsaturated/α-hetero) is 2. The number of nitrogens with one attached hydrogen (secondary N) is 1. The molecule has 548 valence electrons. The van der Waals surface area contributed by atoms with Gasteiger partial charge in [-0.3, -0.25) is 33.5 Å². The second-order valence-electron chi connectivity index (χ2n) is 30.8. The Bertz CT molecular complexity index is 4490. The quantitative estimate of drug-likeness (QED) is 0.0906. The summed E-state index contributed by atoms with van der Waals surface area (Å²) in [5.74, 6) is -3.75. The predicted octanol–water partition coefficient (Wildman–Crippen LogP) is 12.7. The number of carbonyl (C=O) groups excluding carboxylic acids is 5. The van der Waals surface area contributed by atoms with Gasteiger partial charge in [0, 0.05) is 60.7 Å². The molecule has 4 N–H and O–H groups in total. The first-order chi connectivity index (χ1) is 49.1. The predicted molar refractivity (Wildman–Crippen MR) is 387 cm³/mol. The van der Waals surface area contributed by atoms with Crippen molar-refractivity contribution in [3.05, 3.63) is 168 Å². The zero-order valence-electron chi connectivity index (χ0n) is 59.1. The number of carboxylic acid groups (broad SMARTS) is 1. The highest BCUT2D eigenvalue weighted by Crippen LogP contribution is 2.59. The molecule has 103 heavy (non-hydrogen) atoms. The molecule has 10 atom stereocenters. The number of pyridine rings is 2. The first kappa shape index (κ1) is 74.4. The molecule has 23 heteroatoms. The van der Waals surface area contributed by atoms with E-state index in [1.165, 1.54) is 24.3 Å². The Labute approximate surface area is 601 Å². The van der Waals surface area contributed by atoms with E-state index in [-0.39, 0.29) is 85.6 Å². The summed E-state index contributed by atoms with van der Waals surface area (Å²) in [4.78, 5) is 96.0. The van der Waals surface area contributed by atoms with Crippen molar-refractivity contribution in [3.8, 4) is 11.8 Å². The van der Waals surface area contributed by atoms with Gasteiger partial charge in [-0.1, -0.05) is 98.5 Å². The van der Waals surface area contributed by atoms with E-state index in [1.54, 1.807) is 36.0 Å². The fourth-order valence-electron chi connectivity index (χ4n) is 15.6. The standard InChI is InChI=1S/C40H46FN3O6S.C36H39FN2O5.C4H9NO2S/c1-26-18-27(21-31(41)19-26)20-29-11-6-4-3-5-7-12-30-23-40(30,38(47)43-51(48,49)39(2)15-16-39)24-35(45)34-22-32(25-44(34)37(29)46)50-36-33-13-9-8-10-28(33)14-17-42-36;1-23-15-24(18-28(37)16-23)17-26-10-5-3-2-4-6-11-27-20-36(27,35(42)43)21-32(40)31-19-29(22-39(31)34(26)41)44-33-30-12-8-7-9-25(30)13-14-38-33;1-4(2-3-4)8(5,6)7/h7-10,12-14,17-19,21,29-30,32,34H,3-6,11,15-16,20,22-25H2,1-2H3,(H,43,47);6-9,11-16,18,26-27,29,31H,2-5,10,17,19-22H2,1H3,(H,42,43);2-3H2,1H3,(H2,5,6,7)/b12-7-;11-6-;/t29-,30-,32-,34+,40-;26-,27-,29-,31+,36-;/m11./s1. The van der Waals surface area contributed by atoms with E-state index in [2.05, 4.69) is 14.7 Å². The van der Waals surface area contributed by atoms with E-state index < -0.39 is 88.4 Å². The Morgan fingerprint density at radius 2 is 1.04 bits per heavy atom. The molecular formula is C80H94F2N6O13S2. The Morgan fingerprint density at radius 3 is 1.47 bits per heavy atom. The third-order valence-corrected chi connectivity index (χ3v) is 26.7. The normalized spacial score (nSPS) is 28.3. The van der Waals surface area contributed by atoms with Crippen molar-refractivity contribution in [3.63, 3.8) is 0 Å². The molecule has 4 aromatic carbocycles. The molecular weight excluding hydrogens is 1360 g/mol. The number of aromatic nitrogens is 2. The van der Waals surface area contributed by atoms with E-state index in [0.29, 0.717) is 63.1 Å². The number of carboxylic acids is 1. The van der Waals surface area contributed by atoms with Crippen molar-refractivity contribution in [2.45, 2.75) is 203 Å². The number of amides is 3. The molecule has 4 aliphatic heterocycles. The number of ketones is 2. The first-order valence-corrected chi connectivity index (χ1v) is 39.4. The van der Waals surface area contributed by atoms with Crippen molar-refractivity contribution < 1.29 is 69.0 Å². The molecule has 2 saturated heterocycles. The van der Waals surface area contributed by atoms with Crippen molar-refractivity contribution in [1.29, 1.82) is 0 Å². The number of hydrogen-bond acceptors (Lipinski definition) is 14. The molecule has 0 bridgehead atoms. The Morgan fingerprint density at radius 1 is 0.602 bits per heavy atom. The zero-order valence-corrected chi connectivity index (χ0v) is 60.7. The maximum atomic E-state index is 14.6. The molecule has 0 radical (unpaired) electrons. The number of sulfonamides is 2. The molecule has 6 fully saturated rings. The van der Waals surface area contributed by atoms with Gasteiger partial charge in [0.1, 0.15) is 23.8 Å². The lowest BCUT2D eigenvalue weighted by molar-refractivity contribution is -0.147. The molecule has 2 aromatic heterocycles. The van der Waals surface area contributed by atoms with Gasteiger partial charge in [0.25, 0.3) is 0 Å². The van der Waals surface area contributed by atoms with Gasteiger partial charge in [-0.2, -0.15) is 0 Å². The lowest BCUT2D eigenvalue weighted by Crippen LogP contribution is -2.47. The lowest BCUT2D eigenvalue weighted by Gasteiger charge is -2.29. The molecule has 0 unspecified atom stereocenters. The number of nitrogens with two attached hydrogens (primary N) is 1. The molecule has 14 rings (SSSR count). The van der Waals surface area contributed by atoms with Gasteiger partial charge in [-0.05, 0) is 211 Å². The minimum Gasteiger partial charge on any atom is -0.481 e. The number of carbonyl (C=O) groups is 6. The number of aliphatic carboxylic acids is 1. The van der Waals surface area contributed by atoms with E-state index in [4.69, 9.17) is 14.6 Å². The average Bonchev–Trinajstić information content (AvgIpc) is 1.59. The topological polar surface area (TPSA) is 280 Å². The van der Waals surface area contributed by atoms with Crippen LogP contribution in [0.5, 0.6) is 11.8 Å². The number of rotatable bonds is 13. The maximum Gasteiger partial charge on any atom is 0.310 e. The van der Waals surface area contributed by atoms with Crippen LogP contribution in [-0.4, -0.2) is 124 Å². The van der Waals surface area contributed by atoms with Crippen molar-refractivity contribution in [1.82, 2.24) is 24.5 Å². The van der Waals surface area contributed by atoms with Crippen LogP contribution in [0, 0.1) is 60.0 Å². The summed E-state index contributed by atoms with van der Waals surface area (Å²) >= 11 is 0. The van der Waals surface area contributed by atoms with Crippen LogP contribution in [0.15, 0.2) is 134 Å². The van der Waals surface area contributed by atoms with E-state index in [9.17, 15) is 59.5 Å². The molecule has 19 nitrogen and oxygen atoms in total.